The van der Waals surface area contributed by atoms with E-state index in [1.807, 2.05) is 55.6 Å². The zero-order valence-electron chi connectivity index (χ0n) is 11.8. The standard InChI is InChI=1S/C16H20N2OS/c1-16(2,13-7-4-3-5-8-13)18-15(19)17-11-10-14-9-6-12-20-14/h3-9,12H,10-11H2,1-2H3,(H2,17,18,19). The van der Waals surface area contributed by atoms with Crippen molar-refractivity contribution in [2.75, 3.05) is 6.54 Å². The summed E-state index contributed by atoms with van der Waals surface area (Å²) >= 11 is 1.71. The smallest absolute Gasteiger partial charge is 0.315 e. The number of carbonyl (C=O) groups excluding carboxylic acids is 1. The highest BCUT2D eigenvalue weighted by molar-refractivity contribution is 7.09. The van der Waals surface area contributed by atoms with Crippen molar-refractivity contribution in [3.63, 3.8) is 0 Å². The first-order chi connectivity index (χ1) is 9.58. The summed E-state index contributed by atoms with van der Waals surface area (Å²) in [6, 6.07) is 14.0. The number of hydrogen-bond acceptors (Lipinski definition) is 2. The molecule has 106 valence electrons. The Bertz CT molecular complexity index is 535. The highest BCUT2D eigenvalue weighted by Gasteiger charge is 2.22. The van der Waals surface area contributed by atoms with Crippen LogP contribution in [0.15, 0.2) is 47.8 Å². The van der Waals surface area contributed by atoms with E-state index in [0.29, 0.717) is 6.54 Å². The van der Waals surface area contributed by atoms with Crippen LogP contribution in [0.3, 0.4) is 0 Å². The summed E-state index contributed by atoms with van der Waals surface area (Å²) in [6.07, 6.45) is 0.872. The van der Waals surface area contributed by atoms with Gasteiger partial charge in [-0.1, -0.05) is 36.4 Å². The highest BCUT2D eigenvalue weighted by Crippen LogP contribution is 2.19. The predicted molar refractivity (Wildman–Crippen MR) is 84.0 cm³/mol. The van der Waals surface area contributed by atoms with Crippen molar-refractivity contribution in [1.82, 2.24) is 10.6 Å². The number of nitrogens with one attached hydrogen (secondary N) is 2. The number of rotatable bonds is 5. The second kappa shape index (κ2) is 6.57. The molecule has 0 fully saturated rings. The minimum Gasteiger partial charge on any atom is -0.338 e. The molecule has 2 rings (SSSR count). The van der Waals surface area contributed by atoms with Gasteiger partial charge in [-0.05, 0) is 37.3 Å². The molecule has 0 spiro atoms. The van der Waals surface area contributed by atoms with Crippen molar-refractivity contribution in [2.24, 2.45) is 0 Å². The van der Waals surface area contributed by atoms with E-state index in [1.54, 1.807) is 11.3 Å². The molecule has 1 aromatic carbocycles. The molecule has 0 saturated heterocycles. The van der Waals surface area contributed by atoms with Crippen LogP contribution in [0.25, 0.3) is 0 Å². The van der Waals surface area contributed by atoms with Gasteiger partial charge in [0.05, 0.1) is 5.54 Å². The van der Waals surface area contributed by atoms with Crippen LogP contribution in [-0.2, 0) is 12.0 Å². The lowest BCUT2D eigenvalue weighted by Gasteiger charge is -2.27. The van der Waals surface area contributed by atoms with Crippen molar-refractivity contribution >= 4 is 17.4 Å². The molecular weight excluding hydrogens is 268 g/mol. The number of benzene rings is 1. The van der Waals surface area contributed by atoms with Crippen LogP contribution in [0.4, 0.5) is 4.79 Å². The quantitative estimate of drug-likeness (QED) is 0.868. The lowest BCUT2D eigenvalue weighted by Crippen LogP contribution is -2.46. The molecule has 1 heterocycles. The van der Waals surface area contributed by atoms with Gasteiger partial charge in [-0.15, -0.1) is 11.3 Å². The summed E-state index contributed by atoms with van der Waals surface area (Å²) in [5.41, 5.74) is 0.710. The maximum Gasteiger partial charge on any atom is 0.315 e. The zero-order valence-corrected chi connectivity index (χ0v) is 12.7. The van der Waals surface area contributed by atoms with E-state index in [-0.39, 0.29) is 11.6 Å². The third-order valence-corrected chi connectivity index (χ3v) is 4.09. The monoisotopic (exact) mass is 288 g/mol. The fraction of sp³-hybridized carbons (Fsp3) is 0.312. The Kier molecular flexibility index (Phi) is 4.79. The van der Waals surface area contributed by atoms with Gasteiger partial charge in [0, 0.05) is 11.4 Å². The van der Waals surface area contributed by atoms with Crippen molar-refractivity contribution < 1.29 is 4.79 Å². The topological polar surface area (TPSA) is 41.1 Å². The van der Waals surface area contributed by atoms with E-state index < -0.39 is 0 Å². The molecule has 0 atom stereocenters. The maximum atomic E-state index is 11.9. The minimum atomic E-state index is -0.381. The third kappa shape index (κ3) is 4.10. The largest absolute Gasteiger partial charge is 0.338 e. The summed E-state index contributed by atoms with van der Waals surface area (Å²) < 4.78 is 0. The Morgan fingerprint density at radius 1 is 1.15 bits per heavy atom. The Morgan fingerprint density at radius 2 is 1.90 bits per heavy atom. The second-order valence-corrected chi connectivity index (χ2v) is 6.23. The lowest BCUT2D eigenvalue weighted by atomic mass is 9.95. The third-order valence-electron chi connectivity index (χ3n) is 3.16. The van der Waals surface area contributed by atoms with Gasteiger partial charge in [0.1, 0.15) is 0 Å². The summed E-state index contributed by atoms with van der Waals surface area (Å²) in [6.45, 7) is 4.65. The summed E-state index contributed by atoms with van der Waals surface area (Å²) in [5, 5.41) is 7.96. The molecule has 0 aliphatic carbocycles. The first kappa shape index (κ1) is 14.6. The SMILES string of the molecule is CC(C)(NC(=O)NCCc1cccs1)c1ccccc1. The van der Waals surface area contributed by atoms with Gasteiger partial charge in [-0.3, -0.25) is 0 Å². The van der Waals surface area contributed by atoms with Gasteiger partial charge in [-0.25, -0.2) is 4.79 Å². The van der Waals surface area contributed by atoms with Gasteiger partial charge in [0.15, 0.2) is 0 Å². The molecule has 0 radical (unpaired) electrons. The van der Waals surface area contributed by atoms with Gasteiger partial charge in [0.25, 0.3) is 0 Å². The summed E-state index contributed by atoms with van der Waals surface area (Å²) in [4.78, 5) is 13.2. The van der Waals surface area contributed by atoms with E-state index in [9.17, 15) is 4.79 Å². The van der Waals surface area contributed by atoms with Crippen LogP contribution in [0.2, 0.25) is 0 Å². The first-order valence-electron chi connectivity index (χ1n) is 6.72. The highest BCUT2D eigenvalue weighted by atomic mass is 32.1. The van der Waals surface area contributed by atoms with Gasteiger partial charge < -0.3 is 10.6 Å². The number of carbonyl (C=O) groups is 1. The van der Waals surface area contributed by atoms with Crippen molar-refractivity contribution in [3.05, 3.63) is 58.3 Å². The summed E-state index contributed by atoms with van der Waals surface area (Å²) in [7, 11) is 0. The number of amides is 2. The Labute approximate surface area is 124 Å². The molecule has 0 aliphatic heterocycles. The molecule has 20 heavy (non-hydrogen) atoms. The minimum absolute atomic E-state index is 0.129. The van der Waals surface area contributed by atoms with Crippen LogP contribution >= 0.6 is 11.3 Å². The predicted octanol–water partition coefficient (Wildman–Crippen LogP) is 3.53. The molecule has 4 heteroatoms. The van der Waals surface area contributed by atoms with Crippen molar-refractivity contribution in [2.45, 2.75) is 25.8 Å². The second-order valence-electron chi connectivity index (χ2n) is 5.20. The number of urea groups is 1. The molecule has 0 saturated carbocycles. The molecule has 0 aliphatic rings. The van der Waals surface area contributed by atoms with Crippen molar-refractivity contribution in [1.29, 1.82) is 0 Å². The lowest BCUT2D eigenvalue weighted by molar-refractivity contribution is 0.230. The molecule has 2 N–H and O–H groups in total. The van der Waals surface area contributed by atoms with Crippen LogP contribution in [0.5, 0.6) is 0 Å². The van der Waals surface area contributed by atoms with E-state index in [2.05, 4.69) is 16.7 Å². The van der Waals surface area contributed by atoms with E-state index >= 15 is 0 Å². The van der Waals surface area contributed by atoms with Gasteiger partial charge in [0.2, 0.25) is 0 Å². The molecule has 0 bridgehead atoms. The molecular formula is C16H20N2OS. The molecule has 2 amide bonds. The fourth-order valence-electron chi connectivity index (χ4n) is 2.01. The Balaban J connectivity index is 1.81. The Hall–Kier alpha value is -1.81. The molecule has 2 aromatic rings. The average molecular weight is 288 g/mol. The molecule has 3 nitrogen and oxygen atoms in total. The van der Waals surface area contributed by atoms with Crippen molar-refractivity contribution in [3.8, 4) is 0 Å². The maximum absolute atomic E-state index is 11.9. The van der Waals surface area contributed by atoms with E-state index in [0.717, 1.165) is 12.0 Å². The van der Waals surface area contributed by atoms with Gasteiger partial charge >= 0.3 is 6.03 Å². The van der Waals surface area contributed by atoms with Crippen LogP contribution in [0, 0.1) is 0 Å². The van der Waals surface area contributed by atoms with E-state index in [4.69, 9.17) is 0 Å². The number of hydrogen-bond donors (Lipinski definition) is 2. The number of thiophene rings is 1. The molecule has 1 aromatic heterocycles. The first-order valence-corrected chi connectivity index (χ1v) is 7.60. The molecule has 0 unspecified atom stereocenters. The van der Waals surface area contributed by atoms with Crippen LogP contribution in [-0.4, -0.2) is 12.6 Å². The Morgan fingerprint density at radius 3 is 2.55 bits per heavy atom. The average Bonchev–Trinajstić information content (AvgIpc) is 2.92. The van der Waals surface area contributed by atoms with Crippen LogP contribution < -0.4 is 10.6 Å². The van der Waals surface area contributed by atoms with Crippen LogP contribution in [0.1, 0.15) is 24.3 Å². The van der Waals surface area contributed by atoms with E-state index in [1.165, 1.54) is 4.88 Å². The summed E-state index contributed by atoms with van der Waals surface area (Å²) in [5.74, 6) is 0. The fourth-order valence-corrected chi connectivity index (χ4v) is 2.72. The zero-order chi connectivity index (χ0) is 14.4. The normalized spacial score (nSPS) is 11.1. The van der Waals surface area contributed by atoms with Gasteiger partial charge in [-0.2, -0.15) is 0 Å².